The van der Waals surface area contributed by atoms with E-state index in [1.54, 1.807) is 6.08 Å². The van der Waals surface area contributed by atoms with Crippen molar-refractivity contribution in [2.24, 2.45) is 0 Å². The average molecular weight is 177 g/mol. The van der Waals surface area contributed by atoms with Gasteiger partial charge in [0, 0.05) is 0 Å². The third-order valence-corrected chi connectivity index (χ3v) is 1.83. The summed E-state index contributed by atoms with van der Waals surface area (Å²) in [6.07, 6.45) is 17.6. The van der Waals surface area contributed by atoms with Gasteiger partial charge >= 0.3 is 0 Å². The number of rotatable bonds is 8. The summed E-state index contributed by atoms with van der Waals surface area (Å²) in [4.78, 5) is 0. The molecule has 0 aliphatic heterocycles. The lowest BCUT2D eigenvalue weighted by Crippen LogP contribution is -1.71. The first-order valence-corrected chi connectivity index (χ1v) is 5.25. The van der Waals surface area contributed by atoms with E-state index < -0.39 is 0 Å². The molecule has 0 nitrogen and oxygen atoms in total. The highest BCUT2D eigenvalue weighted by Gasteiger charge is 1.81. The summed E-state index contributed by atoms with van der Waals surface area (Å²) in [7, 11) is 0. The Balaban J connectivity index is 3.12. The van der Waals surface area contributed by atoms with Crippen molar-refractivity contribution in [3.05, 3.63) is 37.0 Å². The molecule has 0 aliphatic carbocycles. The zero-order valence-corrected chi connectivity index (χ0v) is 8.71. The summed E-state index contributed by atoms with van der Waals surface area (Å²) in [5, 5.41) is 0. The van der Waals surface area contributed by atoms with Gasteiger partial charge in [0.05, 0.1) is 0 Å². The fourth-order valence-corrected chi connectivity index (χ4v) is 1.08. The van der Waals surface area contributed by atoms with E-state index in [4.69, 9.17) is 6.58 Å². The Kier molecular flexibility index (Phi) is 10.5. The Morgan fingerprint density at radius 1 is 0.923 bits per heavy atom. The van der Waals surface area contributed by atoms with Crippen LogP contribution in [0.15, 0.2) is 30.4 Å². The minimum Gasteiger partial charge on any atom is -0.0885 e. The number of allylic oxidation sites excluding steroid dienone is 5. The highest BCUT2D eigenvalue weighted by Crippen LogP contribution is 2.01. The van der Waals surface area contributed by atoms with E-state index >= 15 is 0 Å². The van der Waals surface area contributed by atoms with Crippen molar-refractivity contribution in [1.29, 1.82) is 0 Å². The minimum absolute atomic E-state index is 1.05. The van der Waals surface area contributed by atoms with E-state index in [9.17, 15) is 0 Å². The predicted octanol–water partition coefficient (Wildman–Crippen LogP) is 4.45. The fraction of sp³-hybridized carbons (Fsp3) is 0.538. The molecule has 13 heavy (non-hydrogen) atoms. The zero-order valence-electron chi connectivity index (χ0n) is 8.71. The van der Waals surface area contributed by atoms with Crippen LogP contribution in [0.5, 0.6) is 0 Å². The Morgan fingerprint density at radius 3 is 2.31 bits per heavy atom. The van der Waals surface area contributed by atoms with E-state index in [2.05, 4.69) is 31.2 Å². The Morgan fingerprint density at radius 2 is 1.62 bits per heavy atom. The normalized spacial score (nSPS) is 11.5. The summed E-state index contributed by atoms with van der Waals surface area (Å²) in [5.41, 5.74) is 0. The topological polar surface area (TPSA) is 0 Å². The first kappa shape index (κ1) is 12.2. The molecule has 1 radical (unpaired) electrons. The monoisotopic (exact) mass is 177 g/mol. The van der Waals surface area contributed by atoms with Gasteiger partial charge in [0.1, 0.15) is 0 Å². The number of unbranched alkanes of at least 4 members (excludes halogenated alkanes) is 3. The second-order valence-electron chi connectivity index (χ2n) is 3.11. The smallest absolute Gasteiger partial charge is 0.0169 e. The molecule has 0 rings (SSSR count). The maximum Gasteiger partial charge on any atom is -0.0169 e. The van der Waals surface area contributed by atoms with Gasteiger partial charge in [0.15, 0.2) is 0 Å². The molecule has 0 aromatic heterocycles. The summed E-state index contributed by atoms with van der Waals surface area (Å²) >= 11 is 0. The first-order valence-electron chi connectivity index (χ1n) is 5.25. The van der Waals surface area contributed by atoms with Crippen molar-refractivity contribution in [3.63, 3.8) is 0 Å². The molecular weight excluding hydrogens is 156 g/mol. The van der Waals surface area contributed by atoms with Crippen LogP contribution in [0.25, 0.3) is 0 Å². The SMILES string of the molecule is [CH]=CCCCCC=CCC=CCC. The van der Waals surface area contributed by atoms with E-state index in [1.807, 2.05) is 0 Å². The molecule has 0 N–H and O–H groups in total. The van der Waals surface area contributed by atoms with Crippen molar-refractivity contribution in [2.75, 3.05) is 0 Å². The molecule has 73 valence electrons. The van der Waals surface area contributed by atoms with E-state index in [1.165, 1.54) is 19.3 Å². The van der Waals surface area contributed by atoms with Gasteiger partial charge in [-0.1, -0.05) is 43.9 Å². The van der Waals surface area contributed by atoms with Crippen LogP contribution in [0.3, 0.4) is 0 Å². The third-order valence-electron chi connectivity index (χ3n) is 1.83. The summed E-state index contributed by atoms with van der Waals surface area (Å²) < 4.78 is 0. The van der Waals surface area contributed by atoms with Crippen LogP contribution in [0.2, 0.25) is 0 Å². The number of hydrogen-bond acceptors (Lipinski definition) is 0. The minimum atomic E-state index is 1.05. The molecule has 0 bridgehead atoms. The van der Waals surface area contributed by atoms with Gasteiger partial charge in [-0.05, 0) is 38.5 Å². The molecule has 0 unspecified atom stereocenters. The second kappa shape index (κ2) is 11.2. The molecule has 0 spiro atoms. The highest BCUT2D eigenvalue weighted by molar-refractivity contribution is 4.92. The lowest BCUT2D eigenvalue weighted by atomic mass is 10.2. The van der Waals surface area contributed by atoms with Crippen molar-refractivity contribution >= 4 is 0 Å². The lowest BCUT2D eigenvalue weighted by Gasteiger charge is -1.91. The van der Waals surface area contributed by atoms with E-state index in [0.29, 0.717) is 0 Å². The van der Waals surface area contributed by atoms with Gasteiger partial charge in [0.2, 0.25) is 0 Å². The lowest BCUT2D eigenvalue weighted by molar-refractivity contribution is 0.761. The zero-order chi connectivity index (χ0) is 9.78. The van der Waals surface area contributed by atoms with Crippen LogP contribution >= 0.6 is 0 Å². The highest BCUT2D eigenvalue weighted by atomic mass is 13.9. The fourth-order valence-electron chi connectivity index (χ4n) is 1.08. The molecule has 0 fully saturated rings. The van der Waals surface area contributed by atoms with Crippen LogP contribution in [0.1, 0.15) is 45.4 Å². The Bertz CT molecular complexity index is 151. The second-order valence-corrected chi connectivity index (χ2v) is 3.11. The average Bonchev–Trinajstić information content (AvgIpc) is 2.16. The third kappa shape index (κ3) is 11.2. The van der Waals surface area contributed by atoms with Gasteiger partial charge in [-0.15, -0.1) is 0 Å². The summed E-state index contributed by atoms with van der Waals surface area (Å²) in [5.74, 6) is 0. The molecule has 0 heteroatoms. The summed E-state index contributed by atoms with van der Waals surface area (Å²) in [6, 6.07) is 0. The van der Waals surface area contributed by atoms with Crippen molar-refractivity contribution in [1.82, 2.24) is 0 Å². The largest absolute Gasteiger partial charge is 0.0885 e. The van der Waals surface area contributed by atoms with Gasteiger partial charge in [-0.25, -0.2) is 0 Å². The van der Waals surface area contributed by atoms with Gasteiger partial charge < -0.3 is 0 Å². The number of hydrogen-bond donors (Lipinski definition) is 0. The van der Waals surface area contributed by atoms with Crippen molar-refractivity contribution in [2.45, 2.75) is 45.4 Å². The van der Waals surface area contributed by atoms with Crippen LogP contribution in [-0.4, -0.2) is 0 Å². The van der Waals surface area contributed by atoms with E-state index in [-0.39, 0.29) is 0 Å². The molecule has 0 aromatic rings. The molecule has 0 saturated heterocycles. The molecule has 0 atom stereocenters. The maximum atomic E-state index is 5.27. The predicted molar refractivity (Wildman–Crippen MR) is 60.5 cm³/mol. The van der Waals surface area contributed by atoms with E-state index in [0.717, 1.165) is 19.3 Å². The molecule has 0 aromatic carbocycles. The van der Waals surface area contributed by atoms with Crippen LogP contribution in [0.4, 0.5) is 0 Å². The van der Waals surface area contributed by atoms with Crippen molar-refractivity contribution in [3.8, 4) is 0 Å². The molecule has 0 heterocycles. The first-order chi connectivity index (χ1) is 6.41. The standard InChI is InChI=1S/C13H21/c1-3-5-7-9-11-13-12-10-8-6-4-2/h1,3,6,8,12-13H,4-5,7,9-11H2,2H3. The maximum absolute atomic E-state index is 5.27. The van der Waals surface area contributed by atoms with Crippen molar-refractivity contribution < 1.29 is 0 Å². The van der Waals surface area contributed by atoms with Gasteiger partial charge in [0.25, 0.3) is 0 Å². The Hall–Kier alpha value is -0.780. The molecular formula is C13H21. The van der Waals surface area contributed by atoms with Crippen LogP contribution < -0.4 is 0 Å². The van der Waals surface area contributed by atoms with Crippen LogP contribution in [-0.2, 0) is 0 Å². The van der Waals surface area contributed by atoms with Gasteiger partial charge in [-0.2, -0.15) is 0 Å². The molecule has 0 amide bonds. The van der Waals surface area contributed by atoms with Gasteiger partial charge in [-0.3, -0.25) is 0 Å². The molecule has 0 aliphatic rings. The molecule has 0 saturated carbocycles. The Labute approximate surface area is 83.0 Å². The summed E-state index contributed by atoms with van der Waals surface area (Å²) in [6.45, 7) is 7.43. The van der Waals surface area contributed by atoms with Crippen LogP contribution in [0, 0.1) is 6.58 Å². The quantitative estimate of drug-likeness (QED) is 0.379.